The van der Waals surface area contributed by atoms with Crippen molar-refractivity contribution in [3.05, 3.63) is 28.5 Å². The van der Waals surface area contributed by atoms with Gasteiger partial charge in [-0.3, -0.25) is 0 Å². The van der Waals surface area contributed by atoms with Gasteiger partial charge in [0.25, 0.3) is 0 Å². The van der Waals surface area contributed by atoms with Crippen LogP contribution in [-0.4, -0.2) is 24.3 Å². The first-order chi connectivity index (χ1) is 7.11. The Bertz CT molecular complexity index is 326. The number of pyridine rings is 1. The zero-order chi connectivity index (χ0) is 11.4. The zero-order valence-corrected chi connectivity index (χ0v) is 9.65. The summed E-state index contributed by atoms with van der Waals surface area (Å²) in [5.41, 5.74) is 1.22. The summed E-state index contributed by atoms with van der Waals surface area (Å²) in [5, 5.41) is 9.86. The number of ether oxygens (including phenoxy) is 2. The first-order valence-corrected chi connectivity index (χ1v) is 4.87. The van der Waals surface area contributed by atoms with Crippen LogP contribution in [-0.2, 0) is 9.47 Å². The van der Waals surface area contributed by atoms with Crippen LogP contribution >= 0.6 is 11.6 Å². The van der Waals surface area contributed by atoms with Gasteiger partial charge >= 0.3 is 0 Å². The van der Waals surface area contributed by atoms with E-state index in [1.54, 1.807) is 19.2 Å². The summed E-state index contributed by atoms with van der Waals surface area (Å²) in [7, 11) is 3.04. The second-order valence-electron chi connectivity index (χ2n) is 3.08. The Kier molecular flexibility index (Phi) is 4.47. The lowest BCUT2D eigenvalue weighted by Crippen LogP contribution is -2.10. The summed E-state index contributed by atoms with van der Waals surface area (Å²) in [5.74, 6) is 0. The molecule has 1 unspecified atom stereocenters. The van der Waals surface area contributed by atoms with Gasteiger partial charge in [0, 0.05) is 31.5 Å². The van der Waals surface area contributed by atoms with E-state index in [9.17, 15) is 5.11 Å². The minimum absolute atomic E-state index is 0.265. The predicted octanol–water partition coefficient (Wildman–Crippen LogP) is 2.08. The summed E-state index contributed by atoms with van der Waals surface area (Å²) >= 11 is 5.90. The molecule has 0 aliphatic carbocycles. The average molecular weight is 232 g/mol. The maximum Gasteiger partial charge on any atom is 0.183 e. The molecule has 0 saturated carbocycles. The Morgan fingerprint density at radius 3 is 2.47 bits per heavy atom. The number of rotatable bonds is 4. The first kappa shape index (κ1) is 12.4. The van der Waals surface area contributed by atoms with Crippen molar-refractivity contribution in [2.24, 2.45) is 0 Å². The SMILES string of the molecule is COC(OC)c1ccnc(Cl)c1C(C)O. The van der Waals surface area contributed by atoms with Crippen LogP contribution in [0.5, 0.6) is 0 Å². The smallest absolute Gasteiger partial charge is 0.183 e. The topological polar surface area (TPSA) is 51.6 Å². The molecule has 1 heterocycles. The molecule has 1 N–H and O–H groups in total. The minimum Gasteiger partial charge on any atom is -0.389 e. The molecule has 0 saturated heterocycles. The fraction of sp³-hybridized carbons (Fsp3) is 0.500. The predicted molar refractivity (Wildman–Crippen MR) is 56.6 cm³/mol. The van der Waals surface area contributed by atoms with Crippen molar-refractivity contribution in [3.63, 3.8) is 0 Å². The van der Waals surface area contributed by atoms with E-state index in [0.29, 0.717) is 11.1 Å². The average Bonchev–Trinajstić information content (AvgIpc) is 2.19. The van der Waals surface area contributed by atoms with Gasteiger partial charge in [-0.25, -0.2) is 4.98 Å². The van der Waals surface area contributed by atoms with E-state index in [-0.39, 0.29) is 5.15 Å². The van der Waals surface area contributed by atoms with Crippen molar-refractivity contribution >= 4 is 11.6 Å². The van der Waals surface area contributed by atoms with Crippen LogP contribution in [0.1, 0.15) is 30.4 Å². The fourth-order valence-corrected chi connectivity index (χ4v) is 1.75. The zero-order valence-electron chi connectivity index (χ0n) is 8.90. The first-order valence-electron chi connectivity index (χ1n) is 4.49. The monoisotopic (exact) mass is 231 g/mol. The molecule has 15 heavy (non-hydrogen) atoms. The molecule has 0 amide bonds. The van der Waals surface area contributed by atoms with E-state index >= 15 is 0 Å². The Morgan fingerprint density at radius 2 is 2.00 bits per heavy atom. The van der Waals surface area contributed by atoms with Gasteiger partial charge in [-0.05, 0) is 13.0 Å². The molecule has 1 atom stereocenters. The number of aliphatic hydroxyl groups is 1. The van der Waals surface area contributed by atoms with Gasteiger partial charge in [0.2, 0.25) is 0 Å². The molecule has 84 valence electrons. The van der Waals surface area contributed by atoms with Crippen LogP contribution in [0.3, 0.4) is 0 Å². The number of halogens is 1. The molecule has 4 nitrogen and oxygen atoms in total. The largest absolute Gasteiger partial charge is 0.389 e. The van der Waals surface area contributed by atoms with Crippen LogP contribution in [0, 0.1) is 0 Å². The molecule has 0 aromatic carbocycles. The number of hydrogen-bond donors (Lipinski definition) is 1. The normalized spacial score (nSPS) is 13.2. The summed E-state index contributed by atoms with van der Waals surface area (Å²) < 4.78 is 10.2. The minimum atomic E-state index is -0.714. The Labute approximate surface area is 93.8 Å². The highest BCUT2D eigenvalue weighted by molar-refractivity contribution is 6.30. The highest BCUT2D eigenvalue weighted by Gasteiger charge is 2.19. The van der Waals surface area contributed by atoms with Crippen molar-refractivity contribution in [2.75, 3.05) is 14.2 Å². The number of nitrogens with zero attached hydrogens (tertiary/aromatic N) is 1. The Hall–Kier alpha value is -0.680. The molecule has 1 rings (SSSR count). The van der Waals surface area contributed by atoms with Gasteiger partial charge in [-0.15, -0.1) is 0 Å². The van der Waals surface area contributed by atoms with Crippen molar-refractivity contribution < 1.29 is 14.6 Å². The van der Waals surface area contributed by atoms with E-state index in [0.717, 1.165) is 0 Å². The highest BCUT2D eigenvalue weighted by atomic mass is 35.5. The molecule has 0 aliphatic heterocycles. The third-order valence-electron chi connectivity index (χ3n) is 2.08. The molecular formula is C10H14ClNO3. The Morgan fingerprint density at radius 1 is 1.40 bits per heavy atom. The van der Waals surface area contributed by atoms with E-state index in [1.165, 1.54) is 14.2 Å². The van der Waals surface area contributed by atoms with Gasteiger partial charge in [-0.1, -0.05) is 11.6 Å². The van der Waals surface area contributed by atoms with E-state index < -0.39 is 12.4 Å². The van der Waals surface area contributed by atoms with E-state index in [4.69, 9.17) is 21.1 Å². The van der Waals surface area contributed by atoms with Crippen LogP contribution in [0.4, 0.5) is 0 Å². The molecule has 0 fully saturated rings. The maximum atomic E-state index is 9.59. The van der Waals surface area contributed by atoms with Gasteiger partial charge in [0.15, 0.2) is 6.29 Å². The van der Waals surface area contributed by atoms with Gasteiger partial charge in [0.05, 0.1) is 6.10 Å². The number of methoxy groups -OCH3 is 2. The molecule has 0 aliphatic rings. The molecule has 0 radical (unpaired) electrons. The molecule has 5 heteroatoms. The molecule has 0 spiro atoms. The Balaban J connectivity index is 3.21. The van der Waals surface area contributed by atoms with E-state index in [2.05, 4.69) is 4.98 Å². The lowest BCUT2D eigenvalue weighted by Gasteiger charge is -2.19. The van der Waals surface area contributed by atoms with E-state index in [1.807, 2.05) is 0 Å². The standard InChI is InChI=1S/C10H14ClNO3/c1-6(13)8-7(10(14-2)15-3)4-5-12-9(8)11/h4-6,10,13H,1-3H3. The van der Waals surface area contributed by atoms with Crippen molar-refractivity contribution in [1.82, 2.24) is 4.98 Å². The van der Waals surface area contributed by atoms with Crippen LogP contribution in [0.25, 0.3) is 0 Å². The highest BCUT2D eigenvalue weighted by Crippen LogP contribution is 2.30. The van der Waals surface area contributed by atoms with Gasteiger partial charge < -0.3 is 14.6 Å². The summed E-state index contributed by atoms with van der Waals surface area (Å²) in [4.78, 5) is 3.91. The summed E-state index contributed by atoms with van der Waals surface area (Å²) in [6.07, 6.45) is 0.290. The quantitative estimate of drug-likeness (QED) is 0.637. The molecule has 0 bridgehead atoms. The molecular weight excluding hydrogens is 218 g/mol. The number of hydrogen-bond acceptors (Lipinski definition) is 4. The molecule has 1 aromatic rings. The number of aromatic nitrogens is 1. The van der Waals surface area contributed by atoms with Gasteiger partial charge in [-0.2, -0.15) is 0 Å². The second-order valence-corrected chi connectivity index (χ2v) is 3.44. The fourth-order valence-electron chi connectivity index (χ4n) is 1.43. The van der Waals surface area contributed by atoms with Crippen molar-refractivity contribution in [3.8, 4) is 0 Å². The third kappa shape index (κ3) is 2.66. The lowest BCUT2D eigenvalue weighted by atomic mass is 10.1. The lowest BCUT2D eigenvalue weighted by molar-refractivity contribution is -0.107. The van der Waals surface area contributed by atoms with Crippen molar-refractivity contribution in [1.29, 1.82) is 0 Å². The van der Waals surface area contributed by atoms with Crippen LogP contribution in [0.15, 0.2) is 12.3 Å². The number of aliphatic hydroxyl groups excluding tert-OH is 1. The van der Waals surface area contributed by atoms with Crippen LogP contribution in [0.2, 0.25) is 5.15 Å². The van der Waals surface area contributed by atoms with Crippen molar-refractivity contribution in [2.45, 2.75) is 19.3 Å². The summed E-state index contributed by atoms with van der Waals surface area (Å²) in [6.45, 7) is 1.62. The summed E-state index contributed by atoms with van der Waals surface area (Å²) in [6, 6.07) is 1.71. The second kappa shape index (κ2) is 5.42. The van der Waals surface area contributed by atoms with Crippen LogP contribution < -0.4 is 0 Å². The maximum absolute atomic E-state index is 9.59. The molecule has 1 aromatic heterocycles. The van der Waals surface area contributed by atoms with Gasteiger partial charge in [0.1, 0.15) is 5.15 Å². The third-order valence-corrected chi connectivity index (χ3v) is 2.38.